The molecule has 1 atom stereocenters. The third-order valence-electron chi connectivity index (χ3n) is 4.05. The Morgan fingerprint density at radius 2 is 1.46 bits per heavy atom. The lowest BCUT2D eigenvalue weighted by molar-refractivity contribution is -0.140. The second kappa shape index (κ2) is 9.60. The maximum Gasteiger partial charge on any atom is 0.242 e. The number of benzene rings is 2. The number of rotatable bonds is 7. The van der Waals surface area contributed by atoms with Crippen LogP contribution in [0.1, 0.15) is 25.0 Å². The van der Waals surface area contributed by atoms with E-state index in [4.69, 9.17) is 23.2 Å². The number of nitrogens with one attached hydrogen (secondary N) is 1. The van der Waals surface area contributed by atoms with Crippen molar-refractivity contribution in [3.05, 3.63) is 69.7 Å². The van der Waals surface area contributed by atoms with Crippen LogP contribution in [0.3, 0.4) is 0 Å². The summed E-state index contributed by atoms with van der Waals surface area (Å²) in [6, 6.07) is 13.8. The molecule has 0 saturated carbocycles. The normalized spacial score (nSPS) is 11.7. The van der Waals surface area contributed by atoms with Gasteiger partial charge >= 0.3 is 0 Å². The number of hydrogen-bond acceptors (Lipinski definition) is 2. The van der Waals surface area contributed by atoms with Crippen molar-refractivity contribution in [3.8, 4) is 0 Å². The van der Waals surface area contributed by atoms with Crippen LogP contribution in [0.25, 0.3) is 0 Å². The second-order valence-corrected chi connectivity index (χ2v) is 6.89. The number of likely N-dealkylation sites (N-methyl/N-ethyl adjacent to an activating group) is 1. The summed E-state index contributed by atoms with van der Waals surface area (Å²) in [5.74, 6) is -0.299. The number of carbonyl (C=O) groups excluding carboxylic acids is 2. The van der Waals surface area contributed by atoms with E-state index >= 15 is 0 Å². The average Bonchev–Trinajstić information content (AvgIpc) is 2.62. The van der Waals surface area contributed by atoms with E-state index in [9.17, 15) is 9.59 Å². The fraction of sp³-hybridized carbons (Fsp3) is 0.300. The van der Waals surface area contributed by atoms with Gasteiger partial charge in [-0.05, 0) is 49.2 Å². The van der Waals surface area contributed by atoms with E-state index in [1.165, 1.54) is 0 Å². The highest BCUT2D eigenvalue weighted by molar-refractivity contribution is 6.30. The van der Waals surface area contributed by atoms with Gasteiger partial charge in [0.05, 0.1) is 6.42 Å². The van der Waals surface area contributed by atoms with Gasteiger partial charge in [-0.2, -0.15) is 0 Å². The Kier molecular flexibility index (Phi) is 7.49. The molecule has 0 aliphatic carbocycles. The maximum atomic E-state index is 12.9. The Bertz CT molecular complexity index is 745. The summed E-state index contributed by atoms with van der Waals surface area (Å²) >= 11 is 11.8. The molecule has 0 unspecified atom stereocenters. The molecule has 26 heavy (non-hydrogen) atoms. The number of carbonyl (C=O) groups is 2. The predicted octanol–water partition coefficient (Wildman–Crippen LogP) is 4.09. The van der Waals surface area contributed by atoms with Crippen LogP contribution in [0.4, 0.5) is 0 Å². The van der Waals surface area contributed by atoms with Crippen LogP contribution in [0, 0.1) is 0 Å². The van der Waals surface area contributed by atoms with E-state index in [0.29, 0.717) is 23.1 Å². The summed E-state index contributed by atoms with van der Waals surface area (Å²) in [5, 5.41) is 4.02. The Morgan fingerprint density at radius 1 is 0.962 bits per heavy atom. The van der Waals surface area contributed by atoms with Gasteiger partial charge < -0.3 is 10.2 Å². The SMILES string of the molecule is CCNC(=O)[C@H](C)N(Cc1ccc(Cl)cc1)C(=O)Cc1ccc(Cl)cc1. The quantitative estimate of drug-likeness (QED) is 0.771. The maximum absolute atomic E-state index is 12.9. The van der Waals surface area contributed by atoms with Crippen molar-refractivity contribution in [1.29, 1.82) is 0 Å². The summed E-state index contributed by atoms with van der Waals surface area (Å²) in [6.45, 7) is 4.44. The molecule has 0 radical (unpaired) electrons. The van der Waals surface area contributed by atoms with Gasteiger partial charge in [0.25, 0.3) is 0 Å². The topological polar surface area (TPSA) is 49.4 Å². The Morgan fingerprint density at radius 3 is 1.96 bits per heavy atom. The van der Waals surface area contributed by atoms with Crippen LogP contribution >= 0.6 is 23.2 Å². The number of nitrogens with zero attached hydrogens (tertiary/aromatic N) is 1. The molecule has 2 aromatic rings. The van der Waals surface area contributed by atoms with Crippen LogP contribution < -0.4 is 5.32 Å². The summed E-state index contributed by atoms with van der Waals surface area (Å²) < 4.78 is 0. The number of amides is 2. The van der Waals surface area contributed by atoms with Crippen LogP contribution in [0.15, 0.2) is 48.5 Å². The van der Waals surface area contributed by atoms with Crippen LogP contribution in [0.2, 0.25) is 10.0 Å². The molecule has 0 spiro atoms. The van der Waals surface area contributed by atoms with Crippen molar-refractivity contribution in [1.82, 2.24) is 10.2 Å². The van der Waals surface area contributed by atoms with Crippen molar-refractivity contribution in [3.63, 3.8) is 0 Å². The monoisotopic (exact) mass is 392 g/mol. The van der Waals surface area contributed by atoms with Gasteiger partial charge in [0.2, 0.25) is 11.8 Å². The Hall–Kier alpha value is -2.04. The lowest BCUT2D eigenvalue weighted by Crippen LogP contribution is -2.48. The third kappa shape index (κ3) is 5.75. The van der Waals surface area contributed by atoms with Gasteiger partial charge in [-0.25, -0.2) is 0 Å². The summed E-state index contributed by atoms with van der Waals surface area (Å²) in [6.07, 6.45) is 0.203. The van der Waals surface area contributed by atoms with Crippen molar-refractivity contribution < 1.29 is 9.59 Å². The summed E-state index contributed by atoms with van der Waals surface area (Å²) in [5.41, 5.74) is 1.76. The molecule has 0 aromatic heterocycles. The molecule has 2 rings (SSSR count). The third-order valence-corrected chi connectivity index (χ3v) is 4.56. The average molecular weight is 393 g/mol. The predicted molar refractivity (Wildman–Crippen MR) is 105 cm³/mol. The second-order valence-electron chi connectivity index (χ2n) is 6.02. The summed E-state index contributed by atoms with van der Waals surface area (Å²) in [4.78, 5) is 26.8. The van der Waals surface area contributed by atoms with Crippen molar-refractivity contribution >= 4 is 35.0 Å². The Labute approximate surface area is 164 Å². The molecular weight excluding hydrogens is 371 g/mol. The van der Waals surface area contributed by atoms with Gasteiger partial charge in [0.1, 0.15) is 6.04 Å². The van der Waals surface area contributed by atoms with E-state index in [1.807, 2.05) is 31.2 Å². The lowest BCUT2D eigenvalue weighted by atomic mass is 10.1. The molecule has 0 aliphatic heterocycles. The smallest absolute Gasteiger partial charge is 0.242 e. The van der Waals surface area contributed by atoms with Gasteiger partial charge in [0, 0.05) is 23.1 Å². The van der Waals surface area contributed by atoms with Crippen LogP contribution in [0.5, 0.6) is 0 Å². The molecule has 0 aliphatic rings. The van der Waals surface area contributed by atoms with Crippen LogP contribution in [-0.2, 0) is 22.6 Å². The largest absolute Gasteiger partial charge is 0.355 e. The zero-order chi connectivity index (χ0) is 19.1. The van der Waals surface area contributed by atoms with Crippen LogP contribution in [-0.4, -0.2) is 29.3 Å². The Balaban J connectivity index is 2.20. The molecule has 0 saturated heterocycles. The van der Waals surface area contributed by atoms with E-state index in [0.717, 1.165) is 11.1 Å². The van der Waals surface area contributed by atoms with Gasteiger partial charge in [-0.15, -0.1) is 0 Å². The molecule has 1 N–H and O–H groups in total. The minimum absolute atomic E-state index is 0.124. The van der Waals surface area contributed by atoms with E-state index < -0.39 is 6.04 Å². The highest BCUT2D eigenvalue weighted by Gasteiger charge is 2.25. The van der Waals surface area contributed by atoms with Gasteiger partial charge in [0.15, 0.2) is 0 Å². The first-order valence-corrected chi connectivity index (χ1v) is 9.22. The molecule has 0 fully saturated rings. The molecule has 0 heterocycles. The van der Waals surface area contributed by atoms with Crippen molar-refractivity contribution in [2.45, 2.75) is 32.9 Å². The van der Waals surface area contributed by atoms with Crippen molar-refractivity contribution in [2.75, 3.05) is 6.54 Å². The van der Waals surface area contributed by atoms with E-state index in [-0.39, 0.29) is 18.2 Å². The molecule has 0 bridgehead atoms. The highest BCUT2D eigenvalue weighted by atomic mass is 35.5. The van der Waals surface area contributed by atoms with E-state index in [1.54, 1.807) is 36.1 Å². The summed E-state index contributed by atoms with van der Waals surface area (Å²) in [7, 11) is 0. The molecule has 4 nitrogen and oxygen atoms in total. The fourth-order valence-electron chi connectivity index (χ4n) is 2.57. The fourth-order valence-corrected chi connectivity index (χ4v) is 2.82. The minimum atomic E-state index is -0.578. The molecule has 138 valence electrons. The zero-order valence-electron chi connectivity index (χ0n) is 14.8. The molecule has 6 heteroatoms. The van der Waals surface area contributed by atoms with Crippen molar-refractivity contribution in [2.24, 2.45) is 0 Å². The highest BCUT2D eigenvalue weighted by Crippen LogP contribution is 2.16. The number of hydrogen-bond donors (Lipinski definition) is 1. The van der Waals surface area contributed by atoms with Gasteiger partial charge in [-0.1, -0.05) is 47.5 Å². The zero-order valence-corrected chi connectivity index (χ0v) is 16.3. The molecule has 2 amide bonds. The number of halogens is 2. The first-order valence-electron chi connectivity index (χ1n) is 8.46. The van der Waals surface area contributed by atoms with Gasteiger partial charge in [-0.3, -0.25) is 9.59 Å². The first kappa shape index (κ1) is 20.3. The first-order chi connectivity index (χ1) is 12.4. The molecular formula is C20H22Cl2N2O2. The standard InChI is InChI=1S/C20H22Cl2N2O2/c1-3-23-20(26)14(2)24(13-16-6-10-18(22)11-7-16)19(25)12-15-4-8-17(21)9-5-15/h4-11,14H,3,12-13H2,1-2H3,(H,23,26)/t14-/m0/s1. The minimum Gasteiger partial charge on any atom is -0.355 e. The van der Waals surface area contributed by atoms with E-state index in [2.05, 4.69) is 5.32 Å². The molecule has 2 aromatic carbocycles. The lowest BCUT2D eigenvalue weighted by Gasteiger charge is -2.29.